The second-order valence-electron chi connectivity index (χ2n) is 9.44. The average Bonchev–Trinajstić information content (AvgIpc) is 3.18. The van der Waals surface area contributed by atoms with E-state index in [0.29, 0.717) is 19.4 Å². The molecule has 1 fully saturated rings. The van der Waals surface area contributed by atoms with Crippen molar-refractivity contribution in [2.24, 2.45) is 5.92 Å². The van der Waals surface area contributed by atoms with Crippen LogP contribution in [0.15, 0.2) is 53.7 Å². The van der Waals surface area contributed by atoms with E-state index in [4.69, 9.17) is 13.6 Å². The standard InChI is InChI=1S/C24H33B2F3O8S2/c1-16-7-10-22(11-8-16)38(30,31)37-21(14-17(2)19(4)36-39(32,33)24(27,28)29)9-12-23-18(3)15-20(35-23)6-5-13-34-26-25/h7-8,10-11,17,20-21,23,25H,3-6,9,12-15H2,1-2H3/t17-,20?,21?,23+/m1/s1. The number of hydrogen-bond donors (Lipinski definition) is 0. The third kappa shape index (κ3) is 10.2. The van der Waals surface area contributed by atoms with E-state index in [1.807, 2.05) is 0 Å². The second kappa shape index (κ2) is 14.1. The summed E-state index contributed by atoms with van der Waals surface area (Å²) in [5, 5.41) is 0. The van der Waals surface area contributed by atoms with E-state index in [2.05, 4.69) is 24.7 Å². The Labute approximate surface area is 230 Å². The van der Waals surface area contributed by atoms with Crippen LogP contribution >= 0.6 is 0 Å². The first-order valence-electron chi connectivity index (χ1n) is 12.3. The Bertz CT molecular complexity index is 1220. The maximum absolute atomic E-state index is 13.0. The minimum atomic E-state index is -5.91. The molecular formula is C24H33B2F3O8S2. The topological polar surface area (TPSA) is 105 Å². The predicted molar refractivity (Wildman–Crippen MR) is 142 cm³/mol. The molecule has 1 aromatic rings. The van der Waals surface area contributed by atoms with Crippen molar-refractivity contribution in [3.63, 3.8) is 0 Å². The van der Waals surface area contributed by atoms with Crippen LogP contribution in [0, 0.1) is 12.8 Å². The summed E-state index contributed by atoms with van der Waals surface area (Å²) in [4.78, 5) is -0.0937. The van der Waals surface area contributed by atoms with E-state index in [1.54, 1.807) is 19.1 Å². The molecule has 0 radical (unpaired) electrons. The van der Waals surface area contributed by atoms with Gasteiger partial charge < -0.3 is 4.18 Å². The first kappa shape index (κ1) is 33.2. The van der Waals surface area contributed by atoms with Gasteiger partial charge >= 0.3 is 135 Å². The summed E-state index contributed by atoms with van der Waals surface area (Å²) < 4.78 is 108. The SMILES string of the molecule is B=BOCCCC1CC(=C)[C@H](CCC(C[C@@H](C)C(=C)OS(=O)(=O)C(F)(F)F)OS(=O)(=O)c2ccc(C)cc2)O1. The fourth-order valence-corrected chi connectivity index (χ4v) is 5.65. The van der Waals surface area contributed by atoms with Gasteiger partial charge in [-0.25, -0.2) is 0 Å². The molecule has 2 unspecified atom stereocenters. The van der Waals surface area contributed by atoms with Crippen LogP contribution in [0.4, 0.5) is 13.2 Å². The number of rotatable bonds is 16. The number of aryl methyl sites for hydroxylation is 1. The molecule has 1 aliphatic heterocycles. The summed E-state index contributed by atoms with van der Waals surface area (Å²) in [6.07, 6.45) is 0.885. The molecule has 0 bridgehead atoms. The quantitative estimate of drug-likeness (QED) is 0.0703. The Morgan fingerprint density at radius 1 is 1.21 bits per heavy atom. The van der Waals surface area contributed by atoms with Crippen molar-refractivity contribution >= 4 is 34.6 Å². The number of benzene rings is 1. The summed E-state index contributed by atoms with van der Waals surface area (Å²) in [7, 11) is -5.31. The average molecular weight is 592 g/mol. The van der Waals surface area contributed by atoms with Gasteiger partial charge in [-0.15, -0.1) is 0 Å². The van der Waals surface area contributed by atoms with Crippen LogP contribution in [0.25, 0.3) is 0 Å². The van der Waals surface area contributed by atoms with Crippen LogP contribution in [0.1, 0.15) is 51.0 Å². The molecule has 1 saturated heterocycles. The second-order valence-corrected chi connectivity index (χ2v) is 12.5. The third-order valence-electron chi connectivity index (χ3n) is 6.20. The van der Waals surface area contributed by atoms with Crippen LogP contribution < -0.4 is 0 Å². The predicted octanol–water partition coefficient (Wildman–Crippen LogP) is 4.20. The summed E-state index contributed by atoms with van der Waals surface area (Å²) in [5.41, 5.74) is -3.96. The molecule has 0 aliphatic carbocycles. The number of ether oxygens (including phenoxy) is 1. The molecule has 8 nitrogen and oxygen atoms in total. The number of alkyl halides is 3. The molecule has 15 heteroatoms. The van der Waals surface area contributed by atoms with Gasteiger partial charge in [0.25, 0.3) is 0 Å². The fourth-order valence-electron chi connectivity index (χ4n) is 4.00. The van der Waals surface area contributed by atoms with Gasteiger partial charge in [0.15, 0.2) is 0 Å². The molecule has 39 heavy (non-hydrogen) atoms. The van der Waals surface area contributed by atoms with Crippen molar-refractivity contribution in [2.75, 3.05) is 6.61 Å². The molecule has 216 valence electrons. The van der Waals surface area contributed by atoms with Crippen molar-refractivity contribution in [2.45, 2.75) is 81.1 Å². The summed E-state index contributed by atoms with van der Waals surface area (Å²) in [6, 6.07) is 5.96. The molecular weight excluding hydrogens is 559 g/mol. The zero-order valence-corrected chi connectivity index (χ0v) is 23.6. The van der Waals surface area contributed by atoms with E-state index < -0.39 is 43.5 Å². The molecule has 0 N–H and O–H groups in total. The Morgan fingerprint density at radius 2 is 1.85 bits per heavy atom. The van der Waals surface area contributed by atoms with E-state index in [-0.39, 0.29) is 29.9 Å². The van der Waals surface area contributed by atoms with E-state index in [0.717, 1.165) is 24.0 Å². The number of halogens is 3. The van der Waals surface area contributed by atoms with Gasteiger partial charge in [0, 0.05) is 0 Å². The van der Waals surface area contributed by atoms with E-state index in [9.17, 15) is 30.0 Å². The third-order valence-corrected chi connectivity index (χ3v) is 8.57. The minimum absolute atomic E-state index is 0.0775. The zero-order valence-electron chi connectivity index (χ0n) is 22.0. The van der Waals surface area contributed by atoms with E-state index in [1.165, 1.54) is 26.1 Å². The normalized spacial score (nSPS) is 19.7. The van der Waals surface area contributed by atoms with Gasteiger partial charge in [-0.3, -0.25) is 0 Å². The first-order chi connectivity index (χ1) is 18.1. The van der Waals surface area contributed by atoms with Crippen LogP contribution in [0.5, 0.6) is 0 Å². The maximum atomic E-state index is 13.0. The van der Waals surface area contributed by atoms with E-state index >= 15 is 0 Å². The molecule has 4 atom stereocenters. The van der Waals surface area contributed by atoms with Crippen LogP contribution in [0.3, 0.4) is 0 Å². The molecule has 1 heterocycles. The van der Waals surface area contributed by atoms with Crippen LogP contribution in [-0.4, -0.2) is 61.6 Å². The van der Waals surface area contributed by atoms with Gasteiger partial charge in [-0.2, -0.15) is 30.0 Å². The Kier molecular flexibility index (Phi) is 12.0. The van der Waals surface area contributed by atoms with Crippen molar-refractivity contribution in [3.8, 4) is 0 Å². The van der Waals surface area contributed by atoms with Gasteiger partial charge in [-0.05, 0) is 19.1 Å². The van der Waals surface area contributed by atoms with Gasteiger partial charge in [0.2, 0.25) is 0 Å². The summed E-state index contributed by atoms with van der Waals surface area (Å²) >= 11 is 0. The number of hydrogen-bond acceptors (Lipinski definition) is 8. The van der Waals surface area contributed by atoms with Gasteiger partial charge in [0.05, 0.1) is 4.90 Å². The molecule has 0 spiro atoms. The molecule has 0 aromatic heterocycles. The monoisotopic (exact) mass is 592 g/mol. The van der Waals surface area contributed by atoms with Crippen molar-refractivity contribution in [1.82, 2.24) is 0 Å². The Morgan fingerprint density at radius 3 is 2.44 bits per heavy atom. The summed E-state index contributed by atoms with van der Waals surface area (Å²) in [6.45, 7) is 11.0. The summed E-state index contributed by atoms with van der Waals surface area (Å²) in [5.74, 6) is -1.68. The van der Waals surface area contributed by atoms with Gasteiger partial charge in [-0.1, -0.05) is 31.2 Å². The van der Waals surface area contributed by atoms with Gasteiger partial charge in [0.1, 0.15) is 5.76 Å². The van der Waals surface area contributed by atoms with Crippen molar-refractivity contribution < 1.29 is 47.8 Å². The first-order valence-corrected chi connectivity index (χ1v) is 15.1. The molecule has 0 saturated carbocycles. The van der Waals surface area contributed by atoms with Crippen LogP contribution in [-0.2, 0) is 38.0 Å². The Balaban J connectivity index is 2.12. The fraction of sp³-hybridized carbons (Fsp3) is 0.583. The molecule has 1 aromatic carbocycles. The Hall–Kier alpha value is -1.96. The molecule has 1 aliphatic rings. The van der Waals surface area contributed by atoms with Crippen molar-refractivity contribution in [3.05, 3.63) is 54.3 Å². The number of allylic oxidation sites excluding steroid dienone is 1. The zero-order chi connectivity index (χ0) is 29.4. The van der Waals surface area contributed by atoms with Crippen LogP contribution in [0.2, 0.25) is 0 Å². The van der Waals surface area contributed by atoms with Crippen molar-refractivity contribution in [1.29, 1.82) is 0 Å². The molecule has 2 rings (SSSR count). The molecule has 0 amide bonds.